The van der Waals surface area contributed by atoms with Crippen LogP contribution in [0.2, 0.25) is 0 Å². The van der Waals surface area contributed by atoms with Gasteiger partial charge in [-0.1, -0.05) is 6.92 Å². The first-order valence-corrected chi connectivity index (χ1v) is 5.84. The quantitative estimate of drug-likeness (QED) is 0.749. The molecule has 3 atom stereocenters. The van der Waals surface area contributed by atoms with E-state index in [0.717, 1.165) is 19.3 Å². The lowest BCUT2D eigenvalue weighted by molar-refractivity contribution is -0.132. The summed E-state index contributed by atoms with van der Waals surface area (Å²) in [5, 5.41) is 3.25. The molecule has 2 fully saturated rings. The number of nitrogens with one attached hydrogen (secondary N) is 1. The molecule has 1 aliphatic carbocycles. The van der Waals surface area contributed by atoms with Crippen molar-refractivity contribution in [2.75, 3.05) is 13.8 Å². The average molecular weight is 212 g/mol. The molecule has 1 amide bonds. The Morgan fingerprint density at radius 1 is 1.53 bits per heavy atom. The summed E-state index contributed by atoms with van der Waals surface area (Å²) in [5.74, 6) is 0.256. The third kappa shape index (κ3) is 1.88. The van der Waals surface area contributed by atoms with Gasteiger partial charge >= 0.3 is 0 Å². The van der Waals surface area contributed by atoms with Crippen molar-refractivity contribution in [2.24, 2.45) is 0 Å². The number of carbonyl (C=O) groups is 1. The first kappa shape index (κ1) is 10.9. The molecule has 86 valence electrons. The first-order chi connectivity index (χ1) is 7.27. The van der Waals surface area contributed by atoms with E-state index in [4.69, 9.17) is 4.74 Å². The number of carbonyl (C=O) groups excluding carboxylic acids is 1. The van der Waals surface area contributed by atoms with E-state index in [9.17, 15) is 4.79 Å². The van der Waals surface area contributed by atoms with Crippen LogP contribution in [0, 0.1) is 0 Å². The van der Waals surface area contributed by atoms with Gasteiger partial charge in [-0.05, 0) is 25.7 Å². The summed E-state index contributed by atoms with van der Waals surface area (Å²) in [6.45, 7) is 2.74. The monoisotopic (exact) mass is 212 g/mol. The van der Waals surface area contributed by atoms with Crippen molar-refractivity contribution in [3.8, 4) is 0 Å². The Hall–Kier alpha value is -0.610. The highest BCUT2D eigenvalue weighted by Gasteiger charge is 2.40. The Kier molecular flexibility index (Phi) is 3.26. The van der Waals surface area contributed by atoms with E-state index in [-0.39, 0.29) is 18.1 Å². The van der Waals surface area contributed by atoms with Gasteiger partial charge in [0.25, 0.3) is 0 Å². The lowest BCUT2D eigenvalue weighted by Gasteiger charge is -2.28. The molecule has 1 saturated carbocycles. The summed E-state index contributed by atoms with van der Waals surface area (Å²) in [4.78, 5) is 14.0. The van der Waals surface area contributed by atoms with E-state index in [0.29, 0.717) is 12.7 Å². The maximum Gasteiger partial charge on any atom is 0.241 e. The van der Waals surface area contributed by atoms with Crippen LogP contribution in [0.1, 0.15) is 32.6 Å². The van der Waals surface area contributed by atoms with Gasteiger partial charge in [0.2, 0.25) is 5.91 Å². The van der Waals surface area contributed by atoms with E-state index in [1.54, 1.807) is 7.11 Å². The zero-order valence-electron chi connectivity index (χ0n) is 9.53. The molecule has 1 saturated heterocycles. The molecule has 2 rings (SSSR count). The van der Waals surface area contributed by atoms with Crippen LogP contribution in [-0.2, 0) is 9.53 Å². The molecule has 4 heteroatoms. The van der Waals surface area contributed by atoms with Crippen LogP contribution in [0.3, 0.4) is 0 Å². The van der Waals surface area contributed by atoms with Gasteiger partial charge in [0.1, 0.15) is 0 Å². The van der Waals surface area contributed by atoms with Crippen LogP contribution in [-0.4, -0.2) is 42.8 Å². The Morgan fingerprint density at radius 3 is 2.93 bits per heavy atom. The highest BCUT2D eigenvalue weighted by molar-refractivity contribution is 5.84. The molecule has 0 radical (unpaired) electrons. The number of rotatable bonds is 3. The second-order valence-corrected chi connectivity index (χ2v) is 4.40. The van der Waals surface area contributed by atoms with Crippen LogP contribution in [0.15, 0.2) is 0 Å². The second-order valence-electron chi connectivity index (χ2n) is 4.40. The largest absolute Gasteiger partial charge is 0.379 e. The smallest absolute Gasteiger partial charge is 0.241 e. The highest BCUT2D eigenvalue weighted by atomic mass is 16.5. The molecule has 1 N–H and O–H groups in total. The van der Waals surface area contributed by atoms with E-state index in [2.05, 4.69) is 5.32 Å². The zero-order valence-corrected chi connectivity index (χ0v) is 9.53. The Labute approximate surface area is 91.0 Å². The summed E-state index contributed by atoms with van der Waals surface area (Å²) in [6.07, 6.45) is 4.46. The summed E-state index contributed by atoms with van der Waals surface area (Å²) < 4.78 is 5.43. The van der Waals surface area contributed by atoms with E-state index in [1.165, 1.54) is 6.42 Å². The van der Waals surface area contributed by atoms with Gasteiger partial charge in [0.15, 0.2) is 0 Å². The van der Waals surface area contributed by atoms with Crippen molar-refractivity contribution in [3.05, 3.63) is 0 Å². The first-order valence-electron chi connectivity index (χ1n) is 5.84. The van der Waals surface area contributed by atoms with Crippen LogP contribution < -0.4 is 5.32 Å². The summed E-state index contributed by atoms with van der Waals surface area (Å²) in [7, 11) is 1.74. The van der Waals surface area contributed by atoms with Gasteiger partial charge in [0, 0.05) is 7.11 Å². The van der Waals surface area contributed by atoms with Crippen LogP contribution in [0.4, 0.5) is 0 Å². The minimum absolute atomic E-state index is 0.0307. The topological polar surface area (TPSA) is 41.6 Å². The average Bonchev–Trinajstić information content (AvgIpc) is 2.83. The van der Waals surface area contributed by atoms with Crippen LogP contribution in [0.25, 0.3) is 0 Å². The molecule has 0 aromatic heterocycles. The molecule has 0 aromatic carbocycles. The molecule has 3 unspecified atom stereocenters. The van der Waals surface area contributed by atoms with Gasteiger partial charge in [-0.3, -0.25) is 10.1 Å². The molecule has 0 aromatic rings. The van der Waals surface area contributed by atoms with Crippen molar-refractivity contribution in [3.63, 3.8) is 0 Å². The minimum Gasteiger partial charge on any atom is -0.379 e. The normalized spacial score (nSPS) is 36.5. The molecule has 0 spiro atoms. The second kappa shape index (κ2) is 4.49. The van der Waals surface area contributed by atoms with Crippen molar-refractivity contribution < 1.29 is 9.53 Å². The fourth-order valence-corrected chi connectivity index (χ4v) is 2.71. The molecule has 1 aliphatic heterocycles. The number of nitrogens with zero attached hydrogens (tertiary/aromatic N) is 1. The standard InChI is InChI=1S/C11H20N2O2/c1-3-8-11(14)13(7-12-8)9-5-4-6-10(9)15-2/h8-10,12H,3-7H2,1-2H3. The Balaban J connectivity index is 2.02. The fourth-order valence-electron chi connectivity index (χ4n) is 2.71. The van der Waals surface area contributed by atoms with E-state index < -0.39 is 0 Å². The Bertz CT molecular complexity index is 245. The van der Waals surface area contributed by atoms with Gasteiger partial charge < -0.3 is 9.64 Å². The molecule has 4 nitrogen and oxygen atoms in total. The van der Waals surface area contributed by atoms with E-state index >= 15 is 0 Å². The predicted molar refractivity (Wildman–Crippen MR) is 57.4 cm³/mol. The van der Waals surface area contributed by atoms with Crippen molar-refractivity contribution in [1.29, 1.82) is 0 Å². The van der Waals surface area contributed by atoms with Crippen LogP contribution in [0.5, 0.6) is 0 Å². The molecule has 2 aliphatic rings. The van der Waals surface area contributed by atoms with Gasteiger partial charge in [-0.25, -0.2) is 0 Å². The summed E-state index contributed by atoms with van der Waals surface area (Å²) in [5.41, 5.74) is 0. The number of hydrogen-bond donors (Lipinski definition) is 1. The lowest BCUT2D eigenvalue weighted by atomic mass is 10.1. The Morgan fingerprint density at radius 2 is 2.33 bits per heavy atom. The van der Waals surface area contributed by atoms with Gasteiger partial charge in [-0.2, -0.15) is 0 Å². The van der Waals surface area contributed by atoms with Gasteiger partial charge in [-0.15, -0.1) is 0 Å². The van der Waals surface area contributed by atoms with Crippen molar-refractivity contribution in [1.82, 2.24) is 10.2 Å². The maximum absolute atomic E-state index is 12.0. The SMILES string of the molecule is CCC1NCN(C2CCCC2OC)C1=O. The number of amides is 1. The number of hydrogen-bond acceptors (Lipinski definition) is 3. The highest BCUT2D eigenvalue weighted by Crippen LogP contribution is 2.28. The molecule has 1 heterocycles. The molecule has 0 bridgehead atoms. The van der Waals surface area contributed by atoms with Crippen molar-refractivity contribution in [2.45, 2.75) is 50.8 Å². The molecular formula is C11H20N2O2. The summed E-state index contributed by atoms with van der Waals surface area (Å²) in [6, 6.07) is 0.328. The predicted octanol–water partition coefficient (Wildman–Crippen LogP) is 0.722. The molecular weight excluding hydrogens is 192 g/mol. The summed E-state index contributed by atoms with van der Waals surface area (Å²) >= 11 is 0. The number of ether oxygens (including phenoxy) is 1. The van der Waals surface area contributed by atoms with Gasteiger partial charge in [0.05, 0.1) is 24.9 Å². The minimum atomic E-state index is 0.0307. The van der Waals surface area contributed by atoms with E-state index in [1.807, 2.05) is 11.8 Å². The fraction of sp³-hybridized carbons (Fsp3) is 0.909. The zero-order chi connectivity index (χ0) is 10.8. The third-order valence-corrected chi connectivity index (χ3v) is 3.62. The lowest BCUT2D eigenvalue weighted by Crippen LogP contribution is -2.43. The van der Waals surface area contributed by atoms with Crippen LogP contribution >= 0.6 is 0 Å². The molecule has 15 heavy (non-hydrogen) atoms. The number of methoxy groups -OCH3 is 1. The third-order valence-electron chi connectivity index (χ3n) is 3.62. The van der Waals surface area contributed by atoms with Crippen molar-refractivity contribution >= 4 is 5.91 Å². The maximum atomic E-state index is 12.0.